The summed E-state index contributed by atoms with van der Waals surface area (Å²) in [5, 5.41) is 11.8. The van der Waals surface area contributed by atoms with Crippen LogP contribution in [0.4, 0.5) is 13.2 Å². The molecular weight excluding hydrogens is 295 g/mol. The van der Waals surface area contributed by atoms with E-state index >= 15 is 0 Å². The zero-order valence-electron chi connectivity index (χ0n) is 11.5. The van der Waals surface area contributed by atoms with Crippen LogP contribution in [0.2, 0.25) is 0 Å². The SMILES string of the molecule is O=C(N[C@@H](CO)c1ccccc1)c1ccccc1C(F)(F)F. The molecule has 2 aromatic rings. The van der Waals surface area contributed by atoms with E-state index in [1.54, 1.807) is 30.3 Å². The van der Waals surface area contributed by atoms with E-state index in [2.05, 4.69) is 5.32 Å². The first kappa shape index (κ1) is 16.0. The van der Waals surface area contributed by atoms with Gasteiger partial charge < -0.3 is 10.4 Å². The zero-order chi connectivity index (χ0) is 16.2. The van der Waals surface area contributed by atoms with E-state index in [4.69, 9.17) is 0 Å². The smallest absolute Gasteiger partial charge is 0.394 e. The Hall–Kier alpha value is -2.34. The molecule has 0 aliphatic heterocycles. The average molecular weight is 309 g/mol. The van der Waals surface area contributed by atoms with Crippen molar-refractivity contribution in [2.75, 3.05) is 6.61 Å². The Labute approximate surface area is 125 Å². The molecule has 0 aliphatic carbocycles. The Morgan fingerprint density at radius 2 is 1.64 bits per heavy atom. The van der Waals surface area contributed by atoms with E-state index in [0.717, 1.165) is 12.1 Å². The van der Waals surface area contributed by atoms with Crippen LogP contribution < -0.4 is 5.32 Å². The number of hydrogen-bond donors (Lipinski definition) is 2. The van der Waals surface area contributed by atoms with Crippen LogP contribution >= 0.6 is 0 Å². The maximum atomic E-state index is 12.9. The molecule has 0 spiro atoms. The molecule has 0 bridgehead atoms. The van der Waals surface area contributed by atoms with Gasteiger partial charge in [0.15, 0.2) is 0 Å². The maximum Gasteiger partial charge on any atom is 0.417 e. The third kappa shape index (κ3) is 3.65. The fourth-order valence-corrected chi connectivity index (χ4v) is 2.08. The van der Waals surface area contributed by atoms with Crippen molar-refractivity contribution < 1.29 is 23.1 Å². The van der Waals surface area contributed by atoms with Gasteiger partial charge in [-0.2, -0.15) is 13.2 Å². The minimum Gasteiger partial charge on any atom is -0.394 e. The number of benzene rings is 2. The minimum atomic E-state index is -4.62. The number of aliphatic hydroxyl groups is 1. The summed E-state index contributed by atoms with van der Waals surface area (Å²) in [7, 11) is 0. The van der Waals surface area contributed by atoms with Gasteiger partial charge in [-0.05, 0) is 17.7 Å². The van der Waals surface area contributed by atoms with Crippen molar-refractivity contribution in [1.29, 1.82) is 0 Å². The Morgan fingerprint density at radius 3 is 2.23 bits per heavy atom. The van der Waals surface area contributed by atoms with Crippen LogP contribution in [0.5, 0.6) is 0 Å². The summed E-state index contributed by atoms with van der Waals surface area (Å²) in [6, 6.07) is 12.3. The molecule has 0 saturated heterocycles. The largest absolute Gasteiger partial charge is 0.417 e. The van der Waals surface area contributed by atoms with Gasteiger partial charge in [0.25, 0.3) is 5.91 Å². The second-order valence-electron chi connectivity index (χ2n) is 4.66. The summed E-state index contributed by atoms with van der Waals surface area (Å²) in [6.45, 7) is -0.413. The monoisotopic (exact) mass is 309 g/mol. The summed E-state index contributed by atoms with van der Waals surface area (Å²) < 4.78 is 38.8. The number of carbonyl (C=O) groups excluding carboxylic acids is 1. The Bertz CT molecular complexity index is 641. The van der Waals surface area contributed by atoms with Gasteiger partial charge in [-0.1, -0.05) is 42.5 Å². The fraction of sp³-hybridized carbons (Fsp3) is 0.188. The predicted octanol–water partition coefficient (Wildman–Crippen LogP) is 3.17. The van der Waals surface area contributed by atoms with Gasteiger partial charge >= 0.3 is 6.18 Å². The Kier molecular flexibility index (Phi) is 4.82. The van der Waals surface area contributed by atoms with Crippen molar-refractivity contribution in [1.82, 2.24) is 5.32 Å². The van der Waals surface area contributed by atoms with E-state index in [9.17, 15) is 23.1 Å². The van der Waals surface area contributed by atoms with E-state index < -0.39 is 35.9 Å². The molecule has 0 aliphatic rings. The van der Waals surface area contributed by atoms with E-state index in [1.807, 2.05) is 0 Å². The molecule has 2 rings (SSSR count). The lowest BCUT2D eigenvalue weighted by molar-refractivity contribution is -0.137. The highest BCUT2D eigenvalue weighted by Crippen LogP contribution is 2.32. The molecule has 0 heterocycles. The molecule has 0 aromatic heterocycles. The van der Waals surface area contributed by atoms with Gasteiger partial charge in [-0.15, -0.1) is 0 Å². The highest BCUT2D eigenvalue weighted by molar-refractivity contribution is 5.96. The molecule has 2 N–H and O–H groups in total. The third-order valence-corrected chi connectivity index (χ3v) is 3.17. The van der Waals surface area contributed by atoms with Crippen molar-refractivity contribution in [3.8, 4) is 0 Å². The summed E-state index contributed by atoms with van der Waals surface area (Å²) in [4.78, 5) is 12.1. The third-order valence-electron chi connectivity index (χ3n) is 3.17. The molecule has 0 fully saturated rings. The maximum absolute atomic E-state index is 12.9. The van der Waals surface area contributed by atoms with Gasteiger partial charge in [-0.3, -0.25) is 4.79 Å². The van der Waals surface area contributed by atoms with E-state index in [1.165, 1.54) is 12.1 Å². The van der Waals surface area contributed by atoms with Crippen LogP contribution in [-0.4, -0.2) is 17.6 Å². The second kappa shape index (κ2) is 6.62. The van der Waals surface area contributed by atoms with Crippen LogP contribution in [-0.2, 0) is 6.18 Å². The normalized spacial score (nSPS) is 12.7. The van der Waals surface area contributed by atoms with Gasteiger partial charge in [-0.25, -0.2) is 0 Å². The molecule has 1 atom stereocenters. The van der Waals surface area contributed by atoms with Crippen LogP contribution in [0.15, 0.2) is 54.6 Å². The van der Waals surface area contributed by atoms with E-state index in [-0.39, 0.29) is 0 Å². The molecule has 1 amide bonds. The molecule has 0 unspecified atom stereocenters. The fourth-order valence-electron chi connectivity index (χ4n) is 2.08. The van der Waals surface area contributed by atoms with Crippen LogP contribution in [0, 0.1) is 0 Å². The second-order valence-corrected chi connectivity index (χ2v) is 4.66. The van der Waals surface area contributed by atoms with E-state index in [0.29, 0.717) is 5.56 Å². The topological polar surface area (TPSA) is 49.3 Å². The molecule has 116 valence electrons. The quantitative estimate of drug-likeness (QED) is 0.911. The molecule has 0 radical (unpaired) electrons. The first-order chi connectivity index (χ1) is 10.4. The molecule has 6 heteroatoms. The number of alkyl halides is 3. The number of hydrogen-bond acceptors (Lipinski definition) is 2. The lowest BCUT2D eigenvalue weighted by Crippen LogP contribution is -2.32. The summed E-state index contributed by atoms with van der Waals surface area (Å²) >= 11 is 0. The number of rotatable bonds is 4. The van der Waals surface area contributed by atoms with Crippen molar-refractivity contribution in [3.05, 3.63) is 71.3 Å². The van der Waals surface area contributed by atoms with Crippen LogP contribution in [0.1, 0.15) is 27.5 Å². The standard InChI is InChI=1S/C16H14F3NO2/c17-16(18,19)13-9-5-4-8-12(13)15(22)20-14(10-21)11-6-2-1-3-7-11/h1-9,14,21H,10H2,(H,20,22)/t14-/m0/s1. The van der Waals surface area contributed by atoms with Gasteiger partial charge in [0.1, 0.15) is 0 Å². The zero-order valence-corrected chi connectivity index (χ0v) is 11.5. The average Bonchev–Trinajstić information content (AvgIpc) is 2.52. The Morgan fingerprint density at radius 1 is 1.05 bits per heavy atom. The number of nitrogens with one attached hydrogen (secondary N) is 1. The van der Waals surface area contributed by atoms with Crippen molar-refractivity contribution in [2.24, 2.45) is 0 Å². The number of amides is 1. The van der Waals surface area contributed by atoms with Crippen LogP contribution in [0.25, 0.3) is 0 Å². The van der Waals surface area contributed by atoms with Gasteiger partial charge in [0.2, 0.25) is 0 Å². The van der Waals surface area contributed by atoms with Crippen molar-refractivity contribution in [2.45, 2.75) is 12.2 Å². The highest BCUT2D eigenvalue weighted by Gasteiger charge is 2.35. The number of halogens is 3. The lowest BCUT2D eigenvalue weighted by Gasteiger charge is -2.18. The van der Waals surface area contributed by atoms with Crippen molar-refractivity contribution in [3.63, 3.8) is 0 Å². The first-order valence-electron chi connectivity index (χ1n) is 6.56. The predicted molar refractivity (Wildman–Crippen MR) is 75.2 cm³/mol. The van der Waals surface area contributed by atoms with Crippen LogP contribution in [0.3, 0.4) is 0 Å². The lowest BCUT2D eigenvalue weighted by atomic mass is 10.0. The Balaban J connectivity index is 2.26. The van der Waals surface area contributed by atoms with Gasteiger partial charge in [0, 0.05) is 0 Å². The number of carbonyl (C=O) groups is 1. The molecular formula is C16H14F3NO2. The van der Waals surface area contributed by atoms with Gasteiger partial charge in [0.05, 0.1) is 23.8 Å². The highest BCUT2D eigenvalue weighted by atomic mass is 19.4. The van der Waals surface area contributed by atoms with Crippen molar-refractivity contribution >= 4 is 5.91 Å². The first-order valence-corrected chi connectivity index (χ1v) is 6.56. The molecule has 3 nitrogen and oxygen atoms in total. The number of aliphatic hydroxyl groups excluding tert-OH is 1. The summed E-state index contributed by atoms with van der Waals surface area (Å²) in [5.41, 5.74) is -0.857. The minimum absolute atomic E-state index is 0.413. The molecule has 2 aromatic carbocycles. The summed E-state index contributed by atoms with van der Waals surface area (Å²) in [5.74, 6) is -0.879. The summed E-state index contributed by atoms with van der Waals surface area (Å²) in [6.07, 6.45) is -4.62. The molecule has 0 saturated carbocycles. The molecule has 22 heavy (non-hydrogen) atoms.